The Bertz CT molecular complexity index is 1030. The van der Waals surface area contributed by atoms with Gasteiger partial charge in [-0.25, -0.2) is 9.97 Å². The summed E-state index contributed by atoms with van der Waals surface area (Å²) >= 11 is 0. The number of aryl methyl sites for hydroxylation is 1. The van der Waals surface area contributed by atoms with E-state index < -0.39 is 0 Å². The number of amides is 3. The van der Waals surface area contributed by atoms with Crippen molar-refractivity contribution in [1.29, 1.82) is 0 Å². The summed E-state index contributed by atoms with van der Waals surface area (Å²) in [6, 6.07) is 6.70. The van der Waals surface area contributed by atoms with Crippen molar-refractivity contribution in [1.82, 2.24) is 19.8 Å². The Balaban J connectivity index is 1.53. The minimum atomic E-state index is -0.223. The molecule has 2 saturated heterocycles. The van der Waals surface area contributed by atoms with Gasteiger partial charge in [0.2, 0.25) is 5.91 Å². The van der Waals surface area contributed by atoms with Gasteiger partial charge < -0.3 is 15.1 Å². The summed E-state index contributed by atoms with van der Waals surface area (Å²) in [6.07, 6.45) is 7.58. The smallest absolute Gasteiger partial charge is 0.257 e. The van der Waals surface area contributed by atoms with E-state index in [0.717, 1.165) is 45.2 Å². The van der Waals surface area contributed by atoms with Crippen molar-refractivity contribution >= 4 is 23.4 Å². The molecule has 3 amide bonds. The number of carbonyl (C=O) groups is 3. The highest BCUT2D eigenvalue weighted by Gasteiger charge is 2.31. The molecule has 0 radical (unpaired) electrons. The molecule has 2 aliphatic rings. The lowest BCUT2D eigenvalue weighted by Crippen LogP contribution is -2.39. The standard InChI is InChI=1S/C25H31N5O3/c1-17-21(25(33)29-13-5-3-6-14-29)16-26-23(27-17)22-8-4-7-15-30(22)24(32)19-9-11-20(12-10-19)28-18(2)31/h9-12,16,22H,3-8,13-15H2,1-2H3,(H,28,31)/t22-/m1/s1. The number of nitrogens with zero attached hydrogens (tertiary/aromatic N) is 4. The van der Waals surface area contributed by atoms with Crippen molar-refractivity contribution in [2.45, 2.75) is 58.4 Å². The minimum absolute atomic E-state index is 0.00501. The van der Waals surface area contributed by atoms with Crippen molar-refractivity contribution in [2.75, 3.05) is 25.0 Å². The summed E-state index contributed by atoms with van der Waals surface area (Å²) in [4.78, 5) is 50.4. The van der Waals surface area contributed by atoms with E-state index in [9.17, 15) is 14.4 Å². The van der Waals surface area contributed by atoms with Crippen LogP contribution < -0.4 is 5.32 Å². The van der Waals surface area contributed by atoms with Gasteiger partial charge in [-0.1, -0.05) is 0 Å². The second-order valence-electron chi connectivity index (χ2n) is 8.85. The normalized spacial score (nSPS) is 18.7. The number of carbonyl (C=O) groups excluding carboxylic acids is 3. The Morgan fingerprint density at radius 2 is 1.64 bits per heavy atom. The van der Waals surface area contributed by atoms with Crippen LogP contribution in [0, 0.1) is 6.92 Å². The number of benzene rings is 1. The van der Waals surface area contributed by atoms with Crippen LogP contribution >= 0.6 is 0 Å². The van der Waals surface area contributed by atoms with Gasteiger partial charge >= 0.3 is 0 Å². The number of anilines is 1. The highest BCUT2D eigenvalue weighted by atomic mass is 16.2. The van der Waals surface area contributed by atoms with Crippen LogP contribution in [0.3, 0.4) is 0 Å². The number of nitrogens with one attached hydrogen (secondary N) is 1. The number of likely N-dealkylation sites (tertiary alicyclic amines) is 2. The summed E-state index contributed by atoms with van der Waals surface area (Å²) < 4.78 is 0. The average Bonchev–Trinajstić information content (AvgIpc) is 2.84. The maximum absolute atomic E-state index is 13.3. The largest absolute Gasteiger partial charge is 0.339 e. The molecule has 174 valence electrons. The fourth-order valence-corrected chi connectivity index (χ4v) is 4.63. The third-order valence-corrected chi connectivity index (χ3v) is 6.39. The lowest BCUT2D eigenvalue weighted by atomic mass is 9.99. The van der Waals surface area contributed by atoms with E-state index in [2.05, 4.69) is 15.3 Å². The summed E-state index contributed by atoms with van der Waals surface area (Å²) in [7, 11) is 0. The molecule has 2 aliphatic heterocycles. The predicted molar refractivity (Wildman–Crippen MR) is 125 cm³/mol. The van der Waals surface area contributed by atoms with E-state index in [-0.39, 0.29) is 23.8 Å². The van der Waals surface area contributed by atoms with E-state index in [0.29, 0.717) is 34.9 Å². The highest BCUT2D eigenvalue weighted by Crippen LogP contribution is 2.31. The summed E-state index contributed by atoms with van der Waals surface area (Å²) in [5.74, 6) is 0.351. The zero-order valence-electron chi connectivity index (χ0n) is 19.3. The molecular weight excluding hydrogens is 418 g/mol. The summed E-state index contributed by atoms with van der Waals surface area (Å²) in [5.41, 5.74) is 2.42. The first kappa shape index (κ1) is 22.9. The number of hydrogen-bond acceptors (Lipinski definition) is 5. The topological polar surface area (TPSA) is 95.5 Å². The molecule has 3 heterocycles. The molecule has 0 spiro atoms. The maximum Gasteiger partial charge on any atom is 0.257 e. The molecule has 0 unspecified atom stereocenters. The molecule has 8 nitrogen and oxygen atoms in total. The van der Waals surface area contributed by atoms with E-state index in [1.807, 2.05) is 16.7 Å². The number of rotatable bonds is 4. The first-order valence-corrected chi connectivity index (χ1v) is 11.8. The van der Waals surface area contributed by atoms with Gasteiger partial charge in [0, 0.05) is 44.0 Å². The van der Waals surface area contributed by atoms with Crippen molar-refractivity contribution in [2.24, 2.45) is 0 Å². The molecule has 0 bridgehead atoms. The van der Waals surface area contributed by atoms with Gasteiger partial charge in [-0.05, 0) is 69.7 Å². The number of hydrogen-bond donors (Lipinski definition) is 1. The molecule has 1 atom stereocenters. The molecule has 0 saturated carbocycles. The summed E-state index contributed by atoms with van der Waals surface area (Å²) in [5, 5.41) is 2.71. The first-order chi connectivity index (χ1) is 15.9. The Labute approximate surface area is 194 Å². The molecule has 2 aromatic rings. The monoisotopic (exact) mass is 449 g/mol. The van der Waals surface area contributed by atoms with E-state index in [4.69, 9.17) is 0 Å². The van der Waals surface area contributed by atoms with Crippen LogP contribution in [0.5, 0.6) is 0 Å². The lowest BCUT2D eigenvalue weighted by Gasteiger charge is -2.35. The first-order valence-electron chi connectivity index (χ1n) is 11.8. The number of piperidine rings is 2. The Morgan fingerprint density at radius 3 is 2.30 bits per heavy atom. The maximum atomic E-state index is 13.3. The fourth-order valence-electron chi connectivity index (χ4n) is 4.63. The number of aromatic nitrogens is 2. The molecule has 1 N–H and O–H groups in total. The van der Waals surface area contributed by atoms with Gasteiger partial charge in [-0.2, -0.15) is 0 Å². The second kappa shape index (κ2) is 10.1. The zero-order chi connectivity index (χ0) is 23.4. The lowest BCUT2D eigenvalue weighted by molar-refractivity contribution is -0.114. The van der Waals surface area contributed by atoms with Crippen molar-refractivity contribution in [3.63, 3.8) is 0 Å². The Kier molecular flexibility index (Phi) is 7.01. The highest BCUT2D eigenvalue weighted by molar-refractivity contribution is 5.96. The zero-order valence-corrected chi connectivity index (χ0v) is 19.3. The molecule has 2 fully saturated rings. The van der Waals surface area contributed by atoms with Crippen LogP contribution in [0.1, 0.15) is 83.7 Å². The van der Waals surface area contributed by atoms with E-state index in [1.54, 1.807) is 30.5 Å². The molecule has 0 aliphatic carbocycles. The Hall–Kier alpha value is -3.29. The van der Waals surface area contributed by atoms with Crippen LogP contribution in [-0.2, 0) is 4.79 Å². The average molecular weight is 450 g/mol. The van der Waals surface area contributed by atoms with Gasteiger partial charge in [-0.3, -0.25) is 14.4 Å². The predicted octanol–water partition coefficient (Wildman–Crippen LogP) is 3.74. The van der Waals surface area contributed by atoms with Crippen LogP contribution in [0.25, 0.3) is 0 Å². The molecule has 4 rings (SSSR count). The van der Waals surface area contributed by atoms with Crippen LogP contribution in [0.15, 0.2) is 30.5 Å². The van der Waals surface area contributed by atoms with Gasteiger partial charge in [0.05, 0.1) is 17.3 Å². The fraction of sp³-hybridized carbons (Fsp3) is 0.480. The molecule has 33 heavy (non-hydrogen) atoms. The van der Waals surface area contributed by atoms with Crippen LogP contribution in [0.2, 0.25) is 0 Å². The summed E-state index contributed by atoms with van der Waals surface area (Å²) in [6.45, 7) is 5.49. The van der Waals surface area contributed by atoms with Gasteiger partial charge in [0.1, 0.15) is 0 Å². The van der Waals surface area contributed by atoms with Crippen molar-refractivity contribution < 1.29 is 14.4 Å². The quantitative estimate of drug-likeness (QED) is 0.767. The van der Waals surface area contributed by atoms with Crippen molar-refractivity contribution in [3.05, 3.63) is 53.1 Å². The van der Waals surface area contributed by atoms with Crippen LogP contribution in [0.4, 0.5) is 5.69 Å². The van der Waals surface area contributed by atoms with E-state index >= 15 is 0 Å². The van der Waals surface area contributed by atoms with Gasteiger partial charge in [-0.15, -0.1) is 0 Å². The Morgan fingerprint density at radius 1 is 0.939 bits per heavy atom. The van der Waals surface area contributed by atoms with Gasteiger partial charge in [0.15, 0.2) is 5.82 Å². The SMILES string of the molecule is CC(=O)Nc1ccc(C(=O)N2CCCC[C@@H]2c2ncc(C(=O)N3CCCCC3)c(C)n2)cc1. The van der Waals surface area contributed by atoms with Gasteiger partial charge in [0.25, 0.3) is 11.8 Å². The van der Waals surface area contributed by atoms with Crippen molar-refractivity contribution in [3.8, 4) is 0 Å². The third kappa shape index (κ3) is 5.21. The molecule has 1 aromatic heterocycles. The minimum Gasteiger partial charge on any atom is -0.339 e. The third-order valence-electron chi connectivity index (χ3n) is 6.39. The molecular formula is C25H31N5O3. The molecule has 8 heteroatoms. The van der Waals surface area contributed by atoms with E-state index in [1.165, 1.54) is 13.3 Å². The second-order valence-corrected chi connectivity index (χ2v) is 8.85. The molecule has 1 aromatic carbocycles. The van der Waals surface area contributed by atoms with Crippen LogP contribution in [-0.4, -0.2) is 57.1 Å².